The molecular weight excluding hydrogens is 535 g/mol. The van der Waals surface area contributed by atoms with Crippen molar-refractivity contribution in [2.24, 2.45) is 0 Å². The number of carbonyl (C=O) groups is 1. The number of hydrogen-bond donors (Lipinski definition) is 2. The van der Waals surface area contributed by atoms with Gasteiger partial charge in [-0.3, -0.25) is 4.79 Å². The molecule has 1 aliphatic rings. The van der Waals surface area contributed by atoms with Crippen LogP contribution in [0.3, 0.4) is 0 Å². The summed E-state index contributed by atoms with van der Waals surface area (Å²) in [5.74, 6) is -5.93. The maximum Gasteiger partial charge on any atom is 0.435 e. The fourth-order valence-corrected chi connectivity index (χ4v) is 4.26. The highest BCUT2D eigenvalue weighted by molar-refractivity contribution is 7.91. The predicted molar refractivity (Wildman–Crippen MR) is 126 cm³/mol. The Morgan fingerprint density at radius 1 is 1.11 bits per heavy atom. The molecule has 1 saturated carbocycles. The van der Waals surface area contributed by atoms with Gasteiger partial charge in [-0.15, -0.1) is 10.2 Å². The lowest BCUT2D eigenvalue weighted by atomic mass is 9.96. The number of benzene rings is 2. The molecule has 4 rings (SSSR count). The molecule has 2 aromatic carbocycles. The molecule has 1 fully saturated rings. The van der Waals surface area contributed by atoms with Crippen molar-refractivity contribution in [1.82, 2.24) is 10.2 Å². The van der Waals surface area contributed by atoms with Crippen molar-refractivity contribution in [1.29, 1.82) is 4.78 Å². The molecule has 14 heteroatoms. The van der Waals surface area contributed by atoms with Gasteiger partial charge in [-0.1, -0.05) is 6.07 Å². The van der Waals surface area contributed by atoms with Crippen LogP contribution in [-0.4, -0.2) is 32.7 Å². The molecule has 0 bridgehead atoms. The van der Waals surface area contributed by atoms with Crippen molar-refractivity contribution in [3.8, 4) is 17.4 Å². The third-order valence-electron chi connectivity index (χ3n) is 5.79. The number of alkyl halides is 3. The summed E-state index contributed by atoms with van der Waals surface area (Å²) in [7, 11) is -3.16. The van der Waals surface area contributed by atoms with E-state index >= 15 is 0 Å². The Bertz CT molecular complexity index is 1510. The number of carbonyl (C=O) groups excluding carboxylic acids is 1. The Hall–Kier alpha value is -3.81. The second kappa shape index (κ2) is 10.2. The Kier molecular flexibility index (Phi) is 7.28. The van der Waals surface area contributed by atoms with E-state index in [4.69, 9.17) is 14.3 Å². The quantitative estimate of drug-likeness (QED) is 0.340. The van der Waals surface area contributed by atoms with Gasteiger partial charge in [-0.2, -0.15) is 22.0 Å². The van der Waals surface area contributed by atoms with Crippen LogP contribution in [0.4, 0.5) is 27.6 Å². The van der Waals surface area contributed by atoms with E-state index < -0.39 is 61.9 Å². The topological polar surface area (TPSA) is 114 Å². The van der Waals surface area contributed by atoms with Gasteiger partial charge in [0.15, 0.2) is 17.2 Å². The average molecular weight is 557 g/mol. The van der Waals surface area contributed by atoms with Gasteiger partial charge in [0.1, 0.15) is 5.56 Å². The Labute approximate surface area is 214 Å². The van der Waals surface area contributed by atoms with Gasteiger partial charge in [0, 0.05) is 16.8 Å². The summed E-state index contributed by atoms with van der Waals surface area (Å²) in [6.07, 6.45) is -1.79. The molecule has 0 saturated heterocycles. The second-order valence-corrected chi connectivity index (χ2v) is 10.8. The van der Waals surface area contributed by atoms with Crippen LogP contribution in [0.2, 0.25) is 0 Å². The predicted octanol–water partition coefficient (Wildman–Crippen LogP) is 6.09. The normalized spacial score (nSPS) is 15.3. The Morgan fingerprint density at radius 2 is 1.76 bits per heavy atom. The van der Waals surface area contributed by atoms with Crippen LogP contribution in [0.5, 0.6) is 17.4 Å². The average Bonchev–Trinajstić information content (AvgIpc) is 2.79. The maximum atomic E-state index is 14.8. The Balaban J connectivity index is 1.72. The Morgan fingerprint density at radius 3 is 2.37 bits per heavy atom. The molecule has 1 aromatic heterocycles. The molecule has 0 radical (unpaired) electrons. The first-order chi connectivity index (χ1) is 17.8. The summed E-state index contributed by atoms with van der Waals surface area (Å²) in [5, 5.41) is 8.76. The maximum absolute atomic E-state index is 14.8. The lowest BCUT2D eigenvalue weighted by Crippen LogP contribution is -2.25. The number of nitrogens with one attached hydrogen (secondary N) is 2. The zero-order chi connectivity index (χ0) is 27.8. The van der Waals surface area contributed by atoms with E-state index in [9.17, 15) is 31.0 Å². The first-order valence-electron chi connectivity index (χ1n) is 11.2. The standard InChI is InChI=1S/C24H21F5N4O4S/c1-12-18(22(34)31-13-5-3-8-15(11-13)38(2,30)35)23(33-32-21(12)24(27,28)29)37-17-10-9-16(19(25)20(17)26)36-14-6-4-7-14/h3,5,8-11,14,30H,4,6-7H2,1-2H3,(H,31,34)/t38-/m1/s1. The van der Waals surface area contributed by atoms with Crippen LogP contribution in [0.25, 0.3) is 0 Å². The zero-order valence-corrected chi connectivity index (χ0v) is 20.8. The van der Waals surface area contributed by atoms with Crippen molar-refractivity contribution in [2.45, 2.75) is 43.4 Å². The van der Waals surface area contributed by atoms with Crippen molar-refractivity contribution in [3.05, 3.63) is 64.9 Å². The van der Waals surface area contributed by atoms with Crippen molar-refractivity contribution < 1.29 is 40.4 Å². The summed E-state index contributed by atoms with van der Waals surface area (Å²) in [6.45, 7) is 0.949. The SMILES string of the molecule is Cc1c(C(F)(F)F)nnc(Oc2ccc(OC3CCC3)c(F)c2F)c1C(=O)Nc1cccc([S@](C)(=N)=O)c1. The molecule has 1 aliphatic carbocycles. The molecule has 0 spiro atoms. The first kappa shape index (κ1) is 27.2. The van der Waals surface area contributed by atoms with Crippen molar-refractivity contribution in [2.75, 3.05) is 11.6 Å². The third-order valence-corrected chi connectivity index (χ3v) is 6.94. The minimum atomic E-state index is -4.98. The molecule has 2 N–H and O–H groups in total. The van der Waals surface area contributed by atoms with Gasteiger partial charge in [-0.25, -0.2) is 8.99 Å². The lowest BCUT2D eigenvalue weighted by molar-refractivity contribution is -0.142. The van der Waals surface area contributed by atoms with Crippen LogP contribution < -0.4 is 14.8 Å². The molecular formula is C24H21F5N4O4S. The van der Waals surface area contributed by atoms with Gasteiger partial charge < -0.3 is 14.8 Å². The number of hydrogen-bond acceptors (Lipinski definition) is 7. The van der Waals surface area contributed by atoms with Gasteiger partial charge in [0.25, 0.3) is 11.8 Å². The summed E-state index contributed by atoms with van der Waals surface area (Å²) < 4.78 is 100. The first-order valence-corrected chi connectivity index (χ1v) is 13.1. The van der Waals surface area contributed by atoms with E-state index in [1.54, 1.807) is 0 Å². The summed E-state index contributed by atoms with van der Waals surface area (Å²) >= 11 is 0. The molecule has 202 valence electrons. The van der Waals surface area contributed by atoms with Crippen LogP contribution in [-0.2, 0) is 15.9 Å². The highest BCUT2D eigenvalue weighted by atomic mass is 32.2. The number of ether oxygens (including phenoxy) is 2. The largest absolute Gasteiger partial charge is 0.487 e. The van der Waals surface area contributed by atoms with Gasteiger partial charge in [0.05, 0.1) is 15.8 Å². The van der Waals surface area contributed by atoms with Crippen LogP contribution in [0, 0.1) is 23.3 Å². The third kappa shape index (κ3) is 5.69. The monoisotopic (exact) mass is 556 g/mol. The number of halogens is 5. The molecule has 8 nitrogen and oxygen atoms in total. The summed E-state index contributed by atoms with van der Waals surface area (Å²) in [4.78, 5) is 13.2. The molecule has 1 heterocycles. The van der Waals surface area contributed by atoms with E-state index in [-0.39, 0.29) is 22.4 Å². The van der Waals surface area contributed by atoms with Crippen LogP contribution in [0.15, 0.2) is 41.3 Å². The van der Waals surface area contributed by atoms with E-state index in [0.29, 0.717) is 12.8 Å². The number of nitrogens with zero attached hydrogens (tertiary/aromatic N) is 2. The molecule has 0 aliphatic heterocycles. The lowest BCUT2D eigenvalue weighted by Gasteiger charge is -2.26. The van der Waals surface area contributed by atoms with Crippen molar-refractivity contribution in [3.63, 3.8) is 0 Å². The second-order valence-electron chi connectivity index (χ2n) is 8.64. The fourth-order valence-electron chi connectivity index (χ4n) is 3.57. The molecule has 1 atom stereocenters. The van der Waals surface area contributed by atoms with E-state index in [1.165, 1.54) is 24.3 Å². The minimum Gasteiger partial charge on any atom is -0.487 e. The highest BCUT2D eigenvalue weighted by Gasteiger charge is 2.38. The summed E-state index contributed by atoms with van der Waals surface area (Å²) in [6, 6.07) is 7.46. The highest BCUT2D eigenvalue weighted by Crippen LogP contribution is 2.37. The van der Waals surface area contributed by atoms with Gasteiger partial charge >= 0.3 is 6.18 Å². The van der Waals surface area contributed by atoms with Gasteiger partial charge in [-0.05, 0) is 62.1 Å². The van der Waals surface area contributed by atoms with Crippen LogP contribution >= 0.6 is 0 Å². The minimum absolute atomic E-state index is 0.0137. The fraction of sp³-hybridized carbons (Fsp3) is 0.292. The number of aromatic nitrogens is 2. The van der Waals surface area contributed by atoms with Gasteiger partial charge in [0.2, 0.25) is 11.6 Å². The summed E-state index contributed by atoms with van der Waals surface area (Å²) in [5.41, 5.74) is -2.89. The number of anilines is 1. The van der Waals surface area contributed by atoms with Crippen molar-refractivity contribution >= 4 is 21.3 Å². The molecule has 38 heavy (non-hydrogen) atoms. The molecule has 0 unspecified atom stereocenters. The molecule has 3 aromatic rings. The zero-order valence-electron chi connectivity index (χ0n) is 20.0. The van der Waals surface area contributed by atoms with Crippen LogP contribution in [0.1, 0.15) is 40.9 Å². The smallest absolute Gasteiger partial charge is 0.435 e. The van der Waals surface area contributed by atoms with E-state index in [1.807, 2.05) is 0 Å². The van der Waals surface area contributed by atoms with E-state index in [2.05, 4.69) is 15.5 Å². The number of amides is 1. The number of rotatable bonds is 7. The molecule has 1 amide bonds. The van der Waals surface area contributed by atoms with E-state index in [0.717, 1.165) is 31.7 Å².